The van der Waals surface area contributed by atoms with E-state index < -0.39 is 5.41 Å². The minimum absolute atomic E-state index is 0.145. The molecule has 3 aromatic rings. The van der Waals surface area contributed by atoms with Crippen LogP contribution in [0.2, 0.25) is 0 Å². The summed E-state index contributed by atoms with van der Waals surface area (Å²) in [5.74, 6) is 1.06. The van der Waals surface area contributed by atoms with Crippen LogP contribution in [-0.2, 0) is 10.2 Å². The summed E-state index contributed by atoms with van der Waals surface area (Å²) >= 11 is 0. The number of fused-ring (bicyclic) bond motifs is 1. The number of hydrogen-bond acceptors (Lipinski definition) is 5. The Labute approximate surface area is 166 Å². The molecule has 0 unspecified atom stereocenters. The molecule has 2 aromatic heterocycles. The van der Waals surface area contributed by atoms with Crippen LogP contribution in [0.3, 0.4) is 0 Å². The standard InChI is InChI=1S/C23H28N2O3/c1-8-23(6,7)21(26)27-16-10-12-17-15(13-16)9-11-18(24-17)19-14(2)28-25-20(19)22(3,4)5/h9-13H,8H2,1-7H3. The van der Waals surface area contributed by atoms with Crippen molar-refractivity contribution >= 4 is 16.9 Å². The maximum atomic E-state index is 12.3. The summed E-state index contributed by atoms with van der Waals surface area (Å²) in [6, 6.07) is 9.45. The van der Waals surface area contributed by atoms with E-state index in [4.69, 9.17) is 14.2 Å². The number of hydrogen-bond donors (Lipinski definition) is 0. The predicted molar refractivity (Wildman–Crippen MR) is 110 cm³/mol. The topological polar surface area (TPSA) is 65.2 Å². The zero-order valence-electron chi connectivity index (χ0n) is 17.7. The molecule has 5 heteroatoms. The highest BCUT2D eigenvalue weighted by Crippen LogP contribution is 2.35. The van der Waals surface area contributed by atoms with Crippen LogP contribution in [0.25, 0.3) is 22.2 Å². The number of aryl methyl sites for hydroxylation is 1. The van der Waals surface area contributed by atoms with E-state index in [-0.39, 0.29) is 11.4 Å². The molecule has 0 saturated heterocycles. The SMILES string of the molecule is CCC(C)(C)C(=O)Oc1ccc2nc(-c3c(C(C)(C)C)noc3C)ccc2c1. The van der Waals surface area contributed by atoms with Crippen LogP contribution >= 0.6 is 0 Å². The molecule has 2 heterocycles. The Kier molecular flexibility index (Phi) is 5.04. The van der Waals surface area contributed by atoms with Gasteiger partial charge in [0.25, 0.3) is 0 Å². The molecule has 0 amide bonds. The van der Waals surface area contributed by atoms with Crippen molar-refractivity contribution < 1.29 is 14.1 Å². The minimum atomic E-state index is -0.508. The van der Waals surface area contributed by atoms with Gasteiger partial charge in [-0.15, -0.1) is 0 Å². The number of carbonyl (C=O) groups excluding carboxylic acids is 1. The van der Waals surface area contributed by atoms with Crippen molar-refractivity contribution in [3.05, 3.63) is 41.8 Å². The maximum Gasteiger partial charge on any atom is 0.316 e. The largest absolute Gasteiger partial charge is 0.426 e. The summed E-state index contributed by atoms with van der Waals surface area (Å²) in [6.07, 6.45) is 0.721. The maximum absolute atomic E-state index is 12.3. The van der Waals surface area contributed by atoms with Gasteiger partial charge in [-0.2, -0.15) is 0 Å². The highest BCUT2D eigenvalue weighted by Gasteiger charge is 2.28. The molecule has 148 valence electrons. The molecule has 0 atom stereocenters. The number of pyridine rings is 1. The lowest BCUT2D eigenvalue weighted by atomic mass is 9.87. The van der Waals surface area contributed by atoms with Gasteiger partial charge in [0.2, 0.25) is 0 Å². The Bertz CT molecular complexity index is 1030. The molecule has 0 fully saturated rings. The molecule has 0 aliphatic rings. The highest BCUT2D eigenvalue weighted by atomic mass is 16.5. The zero-order chi connectivity index (χ0) is 20.7. The number of esters is 1. The summed E-state index contributed by atoms with van der Waals surface area (Å²) in [7, 11) is 0. The Morgan fingerprint density at radius 3 is 2.46 bits per heavy atom. The van der Waals surface area contributed by atoms with Gasteiger partial charge in [0.15, 0.2) is 0 Å². The van der Waals surface area contributed by atoms with Crippen LogP contribution in [0, 0.1) is 12.3 Å². The third kappa shape index (κ3) is 3.79. The smallest absolute Gasteiger partial charge is 0.316 e. The summed E-state index contributed by atoms with van der Waals surface area (Å²) in [5.41, 5.74) is 2.83. The molecule has 0 radical (unpaired) electrons. The second-order valence-electron chi connectivity index (χ2n) is 8.89. The molecule has 28 heavy (non-hydrogen) atoms. The third-order valence-corrected chi connectivity index (χ3v) is 5.14. The van der Waals surface area contributed by atoms with Crippen LogP contribution in [-0.4, -0.2) is 16.1 Å². The van der Waals surface area contributed by atoms with Gasteiger partial charge in [-0.3, -0.25) is 4.79 Å². The van der Waals surface area contributed by atoms with Gasteiger partial charge in [0.1, 0.15) is 11.5 Å². The van der Waals surface area contributed by atoms with E-state index in [1.165, 1.54) is 0 Å². The van der Waals surface area contributed by atoms with Gasteiger partial charge in [-0.25, -0.2) is 4.98 Å². The van der Waals surface area contributed by atoms with Crippen LogP contribution in [0.5, 0.6) is 5.75 Å². The third-order valence-electron chi connectivity index (χ3n) is 5.14. The molecule has 1 aromatic carbocycles. The lowest BCUT2D eigenvalue weighted by Gasteiger charge is -2.20. The van der Waals surface area contributed by atoms with Gasteiger partial charge < -0.3 is 9.26 Å². The normalized spacial score (nSPS) is 12.4. The van der Waals surface area contributed by atoms with Gasteiger partial charge in [-0.05, 0) is 51.5 Å². The van der Waals surface area contributed by atoms with Crippen LogP contribution in [0.15, 0.2) is 34.9 Å². The fourth-order valence-corrected chi connectivity index (χ4v) is 2.88. The van der Waals surface area contributed by atoms with Gasteiger partial charge >= 0.3 is 5.97 Å². The second-order valence-corrected chi connectivity index (χ2v) is 8.89. The highest BCUT2D eigenvalue weighted by molar-refractivity contribution is 5.85. The van der Waals surface area contributed by atoms with Crippen molar-refractivity contribution in [2.75, 3.05) is 0 Å². The monoisotopic (exact) mass is 380 g/mol. The number of nitrogens with zero attached hydrogens (tertiary/aromatic N) is 2. The molecule has 0 aliphatic heterocycles. The molecular formula is C23H28N2O3. The number of aromatic nitrogens is 2. The first-order valence-electron chi connectivity index (χ1n) is 9.63. The Morgan fingerprint density at radius 2 is 1.82 bits per heavy atom. The summed E-state index contributed by atoms with van der Waals surface area (Å²) in [4.78, 5) is 17.1. The van der Waals surface area contributed by atoms with E-state index in [9.17, 15) is 4.79 Å². The van der Waals surface area contributed by atoms with E-state index in [2.05, 4.69) is 25.9 Å². The molecule has 0 N–H and O–H groups in total. The van der Waals surface area contributed by atoms with Crippen molar-refractivity contribution in [3.63, 3.8) is 0 Å². The van der Waals surface area contributed by atoms with Crippen molar-refractivity contribution in [1.82, 2.24) is 10.1 Å². The Morgan fingerprint density at radius 1 is 1.11 bits per heavy atom. The first-order valence-corrected chi connectivity index (χ1v) is 9.63. The fourth-order valence-electron chi connectivity index (χ4n) is 2.88. The van der Waals surface area contributed by atoms with Gasteiger partial charge in [-0.1, -0.05) is 38.9 Å². The average Bonchev–Trinajstić information content (AvgIpc) is 3.03. The van der Waals surface area contributed by atoms with E-state index in [0.29, 0.717) is 5.75 Å². The number of rotatable bonds is 4. The van der Waals surface area contributed by atoms with Crippen LogP contribution in [0.1, 0.15) is 59.4 Å². The van der Waals surface area contributed by atoms with E-state index in [1.807, 2.05) is 52.0 Å². The Hall–Kier alpha value is -2.69. The quantitative estimate of drug-likeness (QED) is 0.420. The number of benzene rings is 1. The first-order chi connectivity index (χ1) is 13.0. The molecule has 0 aliphatic carbocycles. The van der Waals surface area contributed by atoms with Gasteiger partial charge in [0, 0.05) is 10.8 Å². The summed E-state index contributed by atoms with van der Waals surface area (Å²) < 4.78 is 11.0. The Balaban J connectivity index is 1.97. The van der Waals surface area contributed by atoms with Crippen molar-refractivity contribution in [2.45, 2.75) is 60.3 Å². The zero-order valence-corrected chi connectivity index (χ0v) is 17.7. The number of carbonyl (C=O) groups is 1. The fraction of sp³-hybridized carbons (Fsp3) is 0.435. The van der Waals surface area contributed by atoms with Crippen LogP contribution < -0.4 is 4.74 Å². The first kappa shape index (κ1) is 20.1. The van der Waals surface area contributed by atoms with E-state index in [1.54, 1.807) is 6.07 Å². The molecule has 0 spiro atoms. The van der Waals surface area contributed by atoms with Crippen molar-refractivity contribution in [1.29, 1.82) is 0 Å². The van der Waals surface area contributed by atoms with Gasteiger partial charge in [0.05, 0.1) is 27.9 Å². The van der Waals surface area contributed by atoms with E-state index in [0.717, 1.165) is 40.0 Å². The molecule has 5 nitrogen and oxygen atoms in total. The lowest BCUT2D eigenvalue weighted by Crippen LogP contribution is -2.28. The molecular weight excluding hydrogens is 352 g/mol. The predicted octanol–water partition coefficient (Wildman–Crippen LogP) is 5.84. The number of ether oxygens (including phenoxy) is 1. The van der Waals surface area contributed by atoms with E-state index >= 15 is 0 Å². The minimum Gasteiger partial charge on any atom is -0.426 e. The molecule has 0 saturated carbocycles. The van der Waals surface area contributed by atoms with Crippen molar-refractivity contribution in [2.24, 2.45) is 5.41 Å². The lowest BCUT2D eigenvalue weighted by molar-refractivity contribution is -0.144. The average molecular weight is 380 g/mol. The molecule has 0 bridgehead atoms. The summed E-state index contributed by atoms with van der Waals surface area (Å²) in [5, 5.41) is 5.16. The molecule has 3 rings (SSSR count). The second kappa shape index (κ2) is 7.04. The summed E-state index contributed by atoms with van der Waals surface area (Å²) in [6.45, 7) is 14.0. The van der Waals surface area contributed by atoms with Crippen LogP contribution in [0.4, 0.5) is 0 Å². The van der Waals surface area contributed by atoms with Crippen molar-refractivity contribution in [3.8, 4) is 17.0 Å².